The average molecular weight is 290 g/mol. The lowest BCUT2D eigenvalue weighted by Gasteiger charge is -2.26. The van der Waals surface area contributed by atoms with Gasteiger partial charge in [-0.2, -0.15) is 0 Å². The van der Waals surface area contributed by atoms with Gasteiger partial charge in [0.15, 0.2) is 0 Å². The van der Waals surface area contributed by atoms with Crippen LogP contribution in [0.3, 0.4) is 0 Å². The van der Waals surface area contributed by atoms with Crippen molar-refractivity contribution in [2.75, 3.05) is 6.54 Å². The van der Waals surface area contributed by atoms with Gasteiger partial charge in [0.05, 0.1) is 5.92 Å². The van der Waals surface area contributed by atoms with Gasteiger partial charge in [-0.15, -0.1) is 0 Å². The Morgan fingerprint density at radius 1 is 1.29 bits per heavy atom. The molecule has 1 saturated carbocycles. The number of benzene rings is 1. The summed E-state index contributed by atoms with van der Waals surface area (Å²) in [4.78, 5) is 23.3. The minimum absolute atomic E-state index is 0.0753. The van der Waals surface area contributed by atoms with Gasteiger partial charge in [0, 0.05) is 12.1 Å². The largest absolute Gasteiger partial charge is 0.481 e. The molecule has 0 radical (unpaired) electrons. The summed E-state index contributed by atoms with van der Waals surface area (Å²) in [5.41, 5.74) is 0.446. The highest BCUT2D eigenvalue weighted by molar-refractivity contribution is 5.79. The fourth-order valence-electron chi connectivity index (χ4n) is 2.47. The van der Waals surface area contributed by atoms with Crippen LogP contribution in [0, 0.1) is 5.92 Å². The highest BCUT2D eigenvalue weighted by Gasteiger charge is 2.38. The number of urea groups is 1. The molecule has 2 rings (SSSR count). The zero-order chi connectivity index (χ0) is 15.5. The quantitative estimate of drug-likeness (QED) is 0.752. The molecular weight excluding hydrogens is 268 g/mol. The second-order valence-electron chi connectivity index (χ2n) is 6.13. The average Bonchev–Trinajstić information content (AvgIpc) is 3.23. The molecule has 3 N–H and O–H groups in total. The van der Waals surface area contributed by atoms with Crippen LogP contribution < -0.4 is 10.6 Å². The SMILES string of the molecule is CC(C)(NC(=O)NCC(C(=O)O)c1ccccc1)C1CC1. The highest BCUT2D eigenvalue weighted by atomic mass is 16.4. The Morgan fingerprint density at radius 2 is 1.90 bits per heavy atom. The molecule has 1 aromatic carbocycles. The van der Waals surface area contributed by atoms with Gasteiger partial charge in [0.2, 0.25) is 0 Å². The molecular formula is C16H22N2O3. The van der Waals surface area contributed by atoms with Crippen molar-refractivity contribution in [3.8, 4) is 0 Å². The third-order valence-electron chi connectivity index (χ3n) is 4.00. The fraction of sp³-hybridized carbons (Fsp3) is 0.500. The molecule has 0 aliphatic heterocycles. The smallest absolute Gasteiger partial charge is 0.315 e. The Bertz CT molecular complexity index is 510. The molecule has 0 spiro atoms. The second-order valence-corrected chi connectivity index (χ2v) is 6.13. The zero-order valence-electron chi connectivity index (χ0n) is 12.4. The van der Waals surface area contributed by atoms with Gasteiger partial charge >= 0.3 is 12.0 Å². The number of carboxylic acids is 1. The summed E-state index contributed by atoms with van der Waals surface area (Å²) in [6.45, 7) is 4.07. The summed E-state index contributed by atoms with van der Waals surface area (Å²) in [6.07, 6.45) is 2.27. The monoisotopic (exact) mass is 290 g/mol. The predicted molar refractivity (Wildman–Crippen MR) is 80.2 cm³/mol. The molecule has 0 aromatic heterocycles. The van der Waals surface area contributed by atoms with Crippen LogP contribution in [0.15, 0.2) is 30.3 Å². The summed E-state index contributed by atoms with van der Waals surface area (Å²) in [5, 5.41) is 14.9. The topological polar surface area (TPSA) is 78.4 Å². The van der Waals surface area contributed by atoms with Crippen molar-refractivity contribution < 1.29 is 14.7 Å². The Balaban J connectivity index is 1.90. The van der Waals surface area contributed by atoms with E-state index < -0.39 is 11.9 Å². The fourth-order valence-corrected chi connectivity index (χ4v) is 2.47. The van der Waals surface area contributed by atoms with E-state index in [1.54, 1.807) is 24.3 Å². The van der Waals surface area contributed by atoms with Gasteiger partial charge in [0.25, 0.3) is 0 Å². The first-order valence-corrected chi connectivity index (χ1v) is 7.24. The minimum atomic E-state index is -0.942. The lowest BCUT2D eigenvalue weighted by Crippen LogP contribution is -2.50. The van der Waals surface area contributed by atoms with Crippen LogP contribution in [0.25, 0.3) is 0 Å². The molecule has 5 nitrogen and oxygen atoms in total. The van der Waals surface area contributed by atoms with Crippen LogP contribution in [0.1, 0.15) is 38.2 Å². The van der Waals surface area contributed by atoms with Gasteiger partial charge in [-0.25, -0.2) is 4.79 Å². The summed E-state index contributed by atoms with van der Waals surface area (Å²) in [5.74, 6) is -1.16. The molecule has 1 atom stereocenters. The molecule has 0 bridgehead atoms. The molecule has 1 unspecified atom stereocenters. The maximum Gasteiger partial charge on any atom is 0.315 e. The number of hydrogen-bond donors (Lipinski definition) is 3. The number of carboxylic acid groups (broad SMARTS) is 1. The van der Waals surface area contributed by atoms with Crippen LogP contribution in [0.4, 0.5) is 4.79 Å². The highest BCUT2D eigenvalue weighted by Crippen LogP contribution is 2.39. The Hall–Kier alpha value is -2.04. The van der Waals surface area contributed by atoms with Gasteiger partial charge in [-0.3, -0.25) is 4.79 Å². The number of carbonyl (C=O) groups excluding carboxylic acids is 1. The third kappa shape index (κ3) is 4.21. The van der Waals surface area contributed by atoms with Gasteiger partial charge in [-0.05, 0) is 38.2 Å². The van der Waals surface area contributed by atoms with Crippen LogP contribution >= 0.6 is 0 Å². The number of amides is 2. The molecule has 0 heterocycles. The summed E-state index contributed by atoms with van der Waals surface area (Å²) in [6, 6.07) is 8.62. The Morgan fingerprint density at radius 3 is 2.43 bits per heavy atom. The van der Waals surface area contributed by atoms with E-state index in [0.29, 0.717) is 11.5 Å². The molecule has 2 amide bonds. The summed E-state index contributed by atoms with van der Waals surface area (Å²) < 4.78 is 0. The van der Waals surface area contributed by atoms with Crippen molar-refractivity contribution >= 4 is 12.0 Å². The lowest BCUT2D eigenvalue weighted by atomic mass is 9.98. The molecule has 5 heteroatoms. The molecule has 1 aliphatic rings. The number of aliphatic carboxylic acids is 1. The second kappa shape index (κ2) is 6.16. The third-order valence-corrected chi connectivity index (χ3v) is 4.00. The van der Waals surface area contributed by atoms with Crippen molar-refractivity contribution in [2.45, 2.75) is 38.1 Å². The molecule has 114 valence electrons. The maximum atomic E-state index is 11.9. The molecule has 0 saturated heterocycles. The van der Waals surface area contributed by atoms with Crippen LogP contribution in [-0.2, 0) is 4.79 Å². The molecule has 1 aromatic rings. The molecule has 21 heavy (non-hydrogen) atoms. The predicted octanol–water partition coefficient (Wildman–Crippen LogP) is 2.34. The Labute approximate surface area is 124 Å². The van der Waals surface area contributed by atoms with Crippen molar-refractivity contribution in [2.24, 2.45) is 5.92 Å². The van der Waals surface area contributed by atoms with Crippen molar-refractivity contribution in [1.29, 1.82) is 0 Å². The van der Waals surface area contributed by atoms with Crippen molar-refractivity contribution in [3.63, 3.8) is 0 Å². The minimum Gasteiger partial charge on any atom is -0.481 e. The standard InChI is InChI=1S/C16H22N2O3/c1-16(2,12-8-9-12)18-15(21)17-10-13(14(19)20)11-6-4-3-5-7-11/h3-7,12-13H,8-10H2,1-2H3,(H,19,20)(H2,17,18,21). The van der Waals surface area contributed by atoms with E-state index in [1.807, 2.05) is 19.9 Å². The summed E-state index contributed by atoms with van der Waals surface area (Å²) in [7, 11) is 0. The first-order chi connectivity index (χ1) is 9.90. The van der Waals surface area contributed by atoms with Crippen LogP contribution in [-0.4, -0.2) is 29.2 Å². The molecule has 1 fully saturated rings. The van der Waals surface area contributed by atoms with E-state index in [9.17, 15) is 14.7 Å². The number of hydrogen-bond acceptors (Lipinski definition) is 2. The number of carbonyl (C=O) groups is 2. The number of nitrogens with one attached hydrogen (secondary N) is 2. The zero-order valence-corrected chi connectivity index (χ0v) is 12.4. The first-order valence-electron chi connectivity index (χ1n) is 7.24. The van der Waals surface area contributed by atoms with Crippen LogP contribution in [0.5, 0.6) is 0 Å². The van der Waals surface area contributed by atoms with Crippen molar-refractivity contribution in [1.82, 2.24) is 10.6 Å². The summed E-state index contributed by atoms with van der Waals surface area (Å²) >= 11 is 0. The van der Waals surface area contributed by atoms with Gasteiger partial charge < -0.3 is 15.7 Å². The first kappa shape index (κ1) is 15.4. The normalized spacial score (nSPS) is 16.1. The van der Waals surface area contributed by atoms with E-state index in [4.69, 9.17) is 0 Å². The maximum absolute atomic E-state index is 11.9. The van der Waals surface area contributed by atoms with E-state index >= 15 is 0 Å². The molecule has 1 aliphatic carbocycles. The van der Waals surface area contributed by atoms with Crippen molar-refractivity contribution in [3.05, 3.63) is 35.9 Å². The van der Waals surface area contributed by atoms with E-state index in [-0.39, 0.29) is 18.1 Å². The van der Waals surface area contributed by atoms with Gasteiger partial charge in [-0.1, -0.05) is 30.3 Å². The number of rotatable bonds is 6. The van der Waals surface area contributed by atoms with E-state index in [1.165, 1.54) is 0 Å². The lowest BCUT2D eigenvalue weighted by molar-refractivity contribution is -0.138. The van der Waals surface area contributed by atoms with Gasteiger partial charge in [0.1, 0.15) is 0 Å². The Kier molecular flexibility index (Phi) is 4.50. The van der Waals surface area contributed by atoms with E-state index in [2.05, 4.69) is 10.6 Å². The van der Waals surface area contributed by atoms with E-state index in [0.717, 1.165) is 12.8 Å². The van der Waals surface area contributed by atoms with Crippen LogP contribution in [0.2, 0.25) is 0 Å².